The number of carbonyl (C=O) groups is 3. The molecule has 7 aliphatic rings. The largest absolute Gasteiger partial charge is 0.457 e. The highest BCUT2D eigenvalue weighted by Crippen LogP contribution is 2.44. The van der Waals surface area contributed by atoms with Gasteiger partial charge in [-0.25, -0.2) is 0 Å². The van der Waals surface area contributed by atoms with E-state index in [2.05, 4.69) is 6.92 Å². The Balaban J connectivity index is 1.12. The molecule has 7 fully saturated rings. The Kier molecular flexibility index (Phi) is 20.7. The molecule has 21 atom stereocenters. The minimum atomic E-state index is -1.71. The van der Waals surface area contributed by atoms with Crippen LogP contribution in [0.1, 0.15) is 173 Å². The second-order valence-corrected chi connectivity index (χ2v) is 23.1. The third-order valence-corrected chi connectivity index (χ3v) is 15.1. The lowest BCUT2D eigenvalue weighted by molar-refractivity contribution is -0.378. The number of aliphatic hydroxyl groups excluding tert-OH is 2. The van der Waals surface area contributed by atoms with Gasteiger partial charge in [-0.3, -0.25) is 14.4 Å². The SMILES string of the molecule is CCCCC[C@@H]1CCCCCCCCCC(=O)O[C@H]2[C@@H](O)[C@H](O[C@@H]3[C@H]4OC(C)(C)O[C@H]4[C@H](O1)O[C@H]3C)O[C@@H](C)[C@@H]2O[C@@H]1O[C@@H](C)[C@H](O[C@@H]2O[C@@H](C)[C@H](OC(=O)C(C)C)[C@H]3OC(C)(C)O[C@@H]23)[C@@H](OC(=O)C(C)C)[C@H]1O. The molecule has 0 aromatic carbocycles. The number of ether oxygens (including phenoxy) is 15. The van der Waals surface area contributed by atoms with Crippen molar-refractivity contribution in [1.29, 1.82) is 0 Å². The van der Waals surface area contributed by atoms with Gasteiger partial charge in [-0.15, -0.1) is 0 Å². The summed E-state index contributed by atoms with van der Waals surface area (Å²) in [5.41, 5.74) is 0. The molecule has 0 aromatic heterocycles. The molecule has 0 saturated carbocycles. The zero-order valence-electron chi connectivity index (χ0n) is 46.2. The van der Waals surface area contributed by atoms with E-state index < -0.39 is 164 Å². The van der Waals surface area contributed by atoms with Crippen LogP contribution in [0.15, 0.2) is 0 Å². The van der Waals surface area contributed by atoms with E-state index in [9.17, 15) is 24.6 Å². The summed E-state index contributed by atoms with van der Waals surface area (Å²) >= 11 is 0. The number of hydrogen-bond donors (Lipinski definition) is 2. The fraction of sp³-hybridized carbons (Fsp3) is 0.944. The van der Waals surface area contributed by atoms with Crippen molar-refractivity contribution in [3.63, 3.8) is 0 Å². The number of rotatable bonds is 12. The molecular weight excluding hydrogens is 969 g/mol. The van der Waals surface area contributed by atoms with Gasteiger partial charge in [0.2, 0.25) is 0 Å². The van der Waals surface area contributed by atoms with Crippen LogP contribution < -0.4 is 0 Å². The Morgan fingerprint density at radius 1 is 0.554 bits per heavy atom. The lowest BCUT2D eigenvalue weighted by Crippen LogP contribution is -2.66. The van der Waals surface area contributed by atoms with Crippen molar-refractivity contribution in [2.75, 3.05) is 0 Å². The van der Waals surface area contributed by atoms with Crippen LogP contribution in [0, 0.1) is 11.8 Å². The normalized spacial score (nSPS) is 43.2. The topological polar surface area (TPSA) is 230 Å². The third kappa shape index (κ3) is 14.6. The summed E-state index contributed by atoms with van der Waals surface area (Å²) in [6.45, 7) is 23.0. The maximum absolute atomic E-state index is 13.8. The summed E-state index contributed by atoms with van der Waals surface area (Å²) in [6, 6.07) is 0. The van der Waals surface area contributed by atoms with Gasteiger partial charge in [-0.05, 0) is 74.7 Å². The molecule has 7 aliphatic heterocycles. The first-order valence-electron chi connectivity index (χ1n) is 27.9. The van der Waals surface area contributed by atoms with E-state index in [-0.39, 0.29) is 12.5 Å². The number of fused-ring (bicyclic) bond motifs is 3. The first-order chi connectivity index (χ1) is 35.0. The number of aliphatic hydroxyl groups is 2. The van der Waals surface area contributed by atoms with Gasteiger partial charge in [0, 0.05) is 6.42 Å². The predicted octanol–water partition coefficient (Wildman–Crippen LogP) is 6.42. The molecule has 74 heavy (non-hydrogen) atoms. The summed E-state index contributed by atoms with van der Waals surface area (Å²) in [4.78, 5) is 40.0. The lowest BCUT2D eigenvalue weighted by atomic mass is 9.95. The highest BCUT2D eigenvalue weighted by atomic mass is 16.8. The zero-order valence-corrected chi connectivity index (χ0v) is 46.2. The Labute approximate surface area is 438 Å². The quantitative estimate of drug-likeness (QED) is 0.122. The molecule has 7 rings (SSSR count). The molecule has 7 saturated heterocycles. The van der Waals surface area contributed by atoms with Crippen LogP contribution in [0.5, 0.6) is 0 Å². The average molecular weight is 1060 g/mol. The summed E-state index contributed by atoms with van der Waals surface area (Å²) < 4.78 is 96.0. The van der Waals surface area contributed by atoms with Gasteiger partial charge in [0.25, 0.3) is 0 Å². The van der Waals surface area contributed by atoms with E-state index >= 15 is 0 Å². The molecule has 2 N–H and O–H groups in total. The standard InChI is InChI=1S/C54H90O20/c1-14-15-21-24-33-25-22-19-17-16-18-20-23-26-34(55)65-41-35(56)49(69-40-32(9)62-51(64-33)45-44(40)72-54(12,13)73-45)60-29(6)37(41)68-50-36(57)42(67-48(59)28(4)5)38(30(7)61-50)70-52-46-43(71-53(10,11)74-46)39(31(8)63-52)66-47(58)27(2)3/h27-33,35-46,49-52,56-57H,14-26H2,1-13H3/t29-,30-,31-,32-,33+,35+,36+,37-,38-,39-,40-,41-,42-,43+,44+,45+,46+,49-,50-,51-,52-/m0/s1. The highest BCUT2D eigenvalue weighted by molar-refractivity contribution is 5.72. The summed E-state index contributed by atoms with van der Waals surface area (Å²) in [7, 11) is 0. The molecule has 4 bridgehead atoms. The second kappa shape index (κ2) is 25.8. The fourth-order valence-electron chi connectivity index (χ4n) is 11.1. The predicted molar refractivity (Wildman–Crippen MR) is 262 cm³/mol. The Bertz CT molecular complexity index is 1810. The van der Waals surface area contributed by atoms with Gasteiger partial charge < -0.3 is 81.3 Å². The van der Waals surface area contributed by atoms with E-state index in [0.29, 0.717) is 6.42 Å². The van der Waals surface area contributed by atoms with Gasteiger partial charge >= 0.3 is 17.9 Å². The molecule has 0 amide bonds. The van der Waals surface area contributed by atoms with Crippen LogP contribution in [0.3, 0.4) is 0 Å². The number of hydrogen-bond acceptors (Lipinski definition) is 20. The second-order valence-electron chi connectivity index (χ2n) is 23.1. The van der Waals surface area contributed by atoms with Crippen molar-refractivity contribution >= 4 is 17.9 Å². The van der Waals surface area contributed by atoms with Crippen molar-refractivity contribution in [3.05, 3.63) is 0 Å². The third-order valence-electron chi connectivity index (χ3n) is 15.1. The van der Waals surface area contributed by atoms with Crippen molar-refractivity contribution < 1.29 is 95.6 Å². The molecular formula is C54H90O20. The van der Waals surface area contributed by atoms with Crippen LogP contribution in [-0.2, 0) is 85.4 Å². The van der Waals surface area contributed by atoms with Crippen molar-refractivity contribution in [2.24, 2.45) is 11.8 Å². The summed E-state index contributed by atoms with van der Waals surface area (Å²) in [6.07, 6.45) is -9.70. The minimum Gasteiger partial charge on any atom is -0.457 e. The van der Waals surface area contributed by atoms with E-state index in [1.165, 1.54) is 0 Å². The Morgan fingerprint density at radius 2 is 1.09 bits per heavy atom. The Morgan fingerprint density at radius 3 is 1.76 bits per heavy atom. The molecule has 20 nitrogen and oxygen atoms in total. The fourth-order valence-corrected chi connectivity index (χ4v) is 11.1. The monoisotopic (exact) mass is 1060 g/mol. The van der Waals surface area contributed by atoms with E-state index in [0.717, 1.165) is 70.6 Å². The van der Waals surface area contributed by atoms with Crippen LogP contribution in [0.2, 0.25) is 0 Å². The molecule has 0 radical (unpaired) electrons. The molecule has 0 unspecified atom stereocenters. The summed E-state index contributed by atoms with van der Waals surface area (Å²) in [5, 5.41) is 24.6. The minimum absolute atomic E-state index is 0.0298. The summed E-state index contributed by atoms with van der Waals surface area (Å²) in [5.74, 6) is -4.76. The number of esters is 3. The van der Waals surface area contributed by atoms with Gasteiger partial charge in [0.15, 0.2) is 55.0 Å². The van der Waals surface area contributed by atoms with Crippen molar-refractivity contribution in [1.82, 2.24) is 0 Å². The molecule has 0 spiro atoms. The average Bonchev–Trinajstić information content (AvgIpc) is 3.84. The lowest BCUT2D eigenvalue weighted by Gasteiger charge is -2.49. The maximum atomic E-state index is 13.8. The molecule has 0 aliphatic carbocycles. The smallest absolute Gasteiger partial charge is 0.308 e. The Hall–Kier alpha value is -2.15. The number of carbonyl (C=O) groups excluding carboxylic acids is 3. The molecule has 7 heterocycles. The number of unbranched alkanes of at least 4 members (excludes halogenated alkanes) is 2. The van der Waals surface area contributed by atoms with Crippen LogP contribution in [0.4, 0.5) is 0 Å². The van der Waals surface area contributed by atoms with Gasteiger partial charge in [-0.1, -0.05) is 92.4 Å². The van der Waals surface area contributed by atoms with Crippen molar-refractivity contribution in [3.8, 4) is 0 Å². The van der Waals surface area contributed by atoms with Crippen LogP contribution >= 0.6 is 0 Å². The van der Waals surface area contributed by atoms with Crippen LogP contribution in [-0.4, -0.2) is 169 Å². The van der Waals surface area contributed by atoms with E-state index in [1.54, 1.807) is 62.3 Å². The first-order valence-corrected chi connectivity index (χ1v) is 27.9. The van der Waals surface area contributed by atoms with Gasteiger partial charge in [0.1, 0.15) is 54.9 Å². The zero-order chi connectivity index (χ0) is 53.8. The maximum Gasteiger partial charge on any atom is 0.308 e. The first kappa shape index (κ1) is 59.5. The molecule has 20 heteroatoms. The van der Waals surface area contributed by atoms with Crippen LogP contribution in [0.25, 0.3) is 0 Å². The van der Waals surface area contributed by atoms with E-state index in [1.807, 2.05) is 20.8 Å². The van der Waals surface area contributed by atoms with Gasteiger partial charge in [-0.2, -0.15) is 0 Å². The molecule has 426 valence electrons. The highest BCUT2D eigenvalue weighted by Gasteiger charge is 2.61. The van der Waals surface area contributed by atoms with Gasteiger partial charge in [0.05, 0.1) is 42.4 Å². The van der Waals surface area contributed by atoms with Crippen molar-refractivity contribution in [2.45, 2.75) is 314 Å². The van der Waals surface area contributed by atoms with E-state index in [4.69, 9.17) is 71.1 Å². The molecule has 0 aromatic rings.